The number of nitrogens with one attached hydrogen (secondary N) is 3. The van der Waals surface area contributed by atoms with Crippen LogP contribution >= 0.6 is 11.6 Å². The number of halogens is 2. The molecule has 1 aliphatic heterocycles. The van der Waals surface area contributed by atoms with Crippen molar-refractivity contribution in [2.75, 3.05) is 38.0 Å². The van der Waals surface area contributed by atoms with Gasteiger partial charge in [0.2, 0.25) is 0 Å². The first kappa shape index (κ1) is 20.5. The molecule has 6 heteroatoms. The van der Waals surface area contributed by atoms with Crippen molar-refractivity contribution in [3.8, 4) is 0 Å². The zero-order valence-corrected chi connectivity index (χ0v) is 16.8. The predicted octanol–water partition coefficient (Wildman–Crippen LogP) is 1.30. The molecule has 28 heavy (non-hydrogen) atoms. The van der Waals surface area contributed by atoms with Crippen molar-refractivity contribution < 1.29 is 19.0 Å². The third-order valence-corrected chi connectivity index (χ3v) is 5.60. The van der Waals surface area contributed by atoms with Crippen LogP contribution in [0.4, 0.5) is 10.1 Å². The van der Waals surface area contributed by atoms with Crippen molar-refractivity contribution >= 4 is 29.3 Å². The Hall–Kier alpha value is -2.21. The van der Waals surface area contributed by atoms with Crippen molar-refractivity contribution in [2.24, 2.45) is 0 Å². The van der Waals surface area contributed by atoms with E-state index in [0.717, 1.165) is 32.7 Å². The molecule has 0 spiro atoms. The monoisotopic (exact) mass is 403 g/mol. The lowest BCUT2D eigenvalue weighted by atomic mass is 10.2. The number of carbonyl (C=O) groups excluding carboxylic acids is 1. The molecule has 0 unspecified atom stereocenters. The van der Waals surface area contributed by atoms with E-state index >= 15 is 0 Å². The Morgan fingerprint density at radius 2 is 1.89 bits per heavy atom. The molecule has 3 rings (SSSR count). The fraction of sp³-hybridized carbons (Fsp3) is 0.318. The third-order valence-electron chi connectivity index (χ3n) is 5.31. The Labute approximate surface area is 170 Å². The summed E-state index contributed by atoms with van der Waals surface area (Å²) >= 11 is 5.78. The molecule has 4 nitrogen and oxygen atoms in total. The largest absolute Gasteiger partial charge is 0.322 e. The SMILES string of the molecule is C[C@H](C(=O)Nc1ccc(F)c(Cl)c1)[NH+]1CC[NH+](C/C=C/c2ccccc2)CC1. The van der Waals surface area contributed by atoms with Gasteiger partial charge in [0.1, 0.15) is 32.0 Å². The smallest absolute Gasteiger partial charge is 0.282 e. The van der Waals surface area contributed by atoms with Crippen LogP contribution in [-0.4, -0.2) is 44.7 Å². The fourth-order valence-electron chi connectivity index (χ4n) is 3.50. The Morgan fingerprint density at radius 3 is 2.57 bits per heavy atom. The molecule has 0 aliphatic carbocycles. The van der Waals surface area contributed by atoms with Crippen LogP contribution in [0.15, 0.2) is 54.6 Å². The van der Waals surface area contributed by atoms with Gasteiger partial charge in [-0.3, -0.25) is 4.79 Å². The van der Waals surface area contributed by atoms with Crippen molar-refractivity contribution in [1.29, 1.82) is 0 Å². The standard InChI is InChI=1S/C22H25ClFN3O/c1-17(22(28)25-19-9-10-21(24)20(23)16-19)27-14-12-26(13-15-27)11-5-8-18-6-3-2-4-7-18/h2-10,16-17H,11-15H2,1H3,(H,25,28)/p+2/b8-5+/t17-/m1/s1. The van der Waals surface area contributed by atoms with Crippen LogP contribution < -0.4 is 15.1 Å². The molecule has 1 atom stereocenters. The summed E-state index contributed by atoms with van der Waals surface area (Å²) in [5.74, 6) is -0.552. The Bertz CT molecular complexity index is 820. The minimum absolute atomic E-state index is 0.0126. The number of amides is 1. The van der Waals surface area contributed by atoms with E-state index < -0.39 is 5.82 Å². The minimum Gasteiger partial charge on any atom is -0.322 e. The van der Waals surface area contributed by atoms with Gasteiger partial charge < -0.3 is 15.1 Å². The highest BCUT2D eigenvalue weighted by molar-refractivity contribution is 6.31. The van der Waals surface area contributed by atoms with Crippen molar-refractivity contribution in [2.45, 2.75) is 13.0 Å². The first-order valence-electron chi connectivity index (χ1n) is 9.68. The molecule has 1 heterocycles. The average Bonchev–Trinajstić information content (AvgIpc) is 2.71. The molecular formula is C22H27ClFN3O+2. The molecule has 2 aromatic carbocycles. The number of anilines is 1. The van der Waals surface area contributed by atoms with E-state index in [4.69, 9.17) is 11.6 Å². The van der Waals surface area contributed by atoms with Gasteiger partial charge in [-0.1, -0.05) is 48.0 Å². The van der Waals surface area contributed by atoms with Gasteiger partial charge in [0.15, 0.2) is 6.04 Å². The van der Waals surface area contributed by atoms with Gasteiger partial charge in [0.05, 0.1) is 11.6 Å². The second-order valence-electron chi connectivity index (χ2n) is 7.27. The lowest BCUT2D eigenvalue weighted by molar-refractivity contribution is -1.02. The lowest BCUT2D eigenvalue weighted by Crippen LogP contribution is -3.29. The van der Waals surface area contributed by atoms with Crippen molar-refractivity contribution in [3.63, 3.8) is 0 Å². The highest BCUT2D eigenvalue weighted by Crippen LogP contribution is 2.19. The lowest BCUT2D eigenvalue weighted by Gasteiger charge is -2.32. The maximum absolute atomic E-state index is 13.3. The number of carbonyl (C=O) groups is 1. The van der Waals surface area contributed by atoms with Gasteiger partial charge in [-0.15, -0.1) is 0 Å². The van der Waals surface area contributed by atoms with Gasteiger partial charge in [0.25, 0.3) is 5.91 Å². The first-order chi connectivity index (χ1) is 13.5. The van der Waals surface area contributed by atoms with E-state index in [9.17, 15) is 9.18 Å². The zero-order chi connectivity index (χ0) is 19.9. The summed E-state index contributed by atoms with van der Waals surface area (Å²) in [5.41, 5.74) is 1.75. The summed E-state index contributed by atoms with van der Waals surface area (Å²) in [4.78, 5) is 15.3. The second kappa shape index (κ2) is 9.82. The molecule has 1 amide bonds. The molecule has 0 radical (unpaired) electrons. The number of hydrogen-bond acceptors (Lipinski definition) is 1. The van der Waals surface area contributed by atoms with Crippen LogP contribution in [0.5, 0.6) is 0 Å². The predicted molar refractivity (Wildman–Crippen MR) is 111 cm³/mol. The molecule has 0 aromatic heterocycles. The van der Waals surface area contributed by atoms with Crippen LogP contribution in [0.3, 0.4) is 0 Å². The molecule has 1 fully saturated rings. The zero-order valence-electron chi connectivity index (χ0n) is 16.1. The van der Waals surface area contributed by atoms with E-state index in [1.165, 1.54) is 33.6 Å². The van der Waals surface area contributed by atoms with Gasteiger partial charge in [0, 0.05) is 5.69 Å². The summed E-state index contributed by atoms with van der Waals surface area (Å²) in [7, 11) is 0. The Morgan fingerprint density at radius 1 is 1.18 bits per heavy atom. The minimum atomic E-state index is -0.487. The third kappa shape index (κ3) is 5.64. The average molecular weight is 404 g/mol. The second-order valence-corrected chi connectivity index (χ2v) is 7.67. The number of quaternary nitrogens is 2. The molecule has 3 N–H and O–H groups in total. The van der Waals surface area contributed by atoms with E-state index in [0.29, 0.717) is 5.69 Å². The number of piperazine rings is 1. The molecule has 1 saturated heterocycles. The normalized spacial score (nSPS) is 20.8. The topological polar surface area (TPSA) is 38.0 Å². The van der Waals surface area contributed by atoms with Crippen LogP contribution in [0.2, 0.25) is 5.02 Å². The summed E-state index contributed by atoms with van der Waals surface area (Å²) in [5, 5.41) is 2.85. The molecule has 0 saturated carbocycles. The van der Waals surface area contributed by atoms with Gasteiger partial charge in [-0.2, -0.15) is 0 Å². The highest BCUT2D eigenvalue weighted by atomic mass is 35.5. The molecule has 0 bridgehead atoms. The van der Waals surface area contributed by atoms with Crippen LogP contribution in [0.25, 0.3) is 6.08 Å². The Kier molecular flexibility index (Phi) is 7.20. The summed E-state index contributed by atoms with van der Waals surface area (Å²) in [6.45, 7) is 6.91. The van der Waals surface area contributed by atoms with E-state index in [1.807, 2.05) is 25.1 Å². The van der Waals surface area contributed by atoms with Crippen LogP contribution in [-0.2, 0) is 4.79 Å². The summed E-state index contributed by atoms with van der Waals surface area (Å²) in [6, 6.07) is 14.4. The molecule has 148 valence electrons. The molecule has 1 aliphatic rings. The number of rotatable bonds is 6. The van der Waals surface area contributed by atoms with Gasteiger partial charge in [-0.25, -0.2) is 4.39 Å². The summed E-state index contributed by atoms with van der Waals surface area (Å²) in [6.07, 6.45) is 4.39. The van der Waals surface area contributed by atoms with E-state index in [1.54, 1.807) is 0 Å². The number of benzene rings is 2. The van der Waals surface area contributed by atoms with Crippen LogP contribution in [0, 0.1) is 5.82 Å². The Balaban J connectivity index is 1.45. The van der Waals surface area contributed by atoms with E-state index in [2.05, 4.69) is 29.6 Å². The number of hydrogen-bond donors (Lipinski definition) is 3. The first-order valence-corrected chi connectivity index (χ1v) is 10.1. The highest BCUT2D eigenvalue weighted by Gasteiger charge is 2.30. The fourth-order valence-corrected chi connectivity index (χ4v) is 3.68. The quantitative estimate of drug-likeness (QED) is 0.668. The van der Waals surface area contributed by atoms with Crippen molar-refractivity contribution in [3.05, 3.63) is 71.0 Å². The maximum atomic E-state index is 13.3. The molecular weight excluding hydrogens is 377 g/mol. The van der Waals surface area contributed by atoms with Gasteiger partial charge >= 0.3 is 0 Å². The maximum Gasteiger partial charge on any atom is 0.282 e. The van der Waals surface area contributed by atoms with E-state index in [-0.39, 0.29) is 17.0 Å². The van der Waals surface area contributed by atoms with Crippen LogP contribution in [0.1, 0.15) is 12.5 Å². The molecule has 2 aromatic rings. The van der Waals surface area contributed by atoms with Crippen molar-refractivity contribution in [1.82, 2.24) is 0 Å². The van der Waals surface area contributed by atoms with Gasteiger partial charge in [-0.05, 0) is 36.8 Å². The summed E-state index contributed by atoms with van der Waals surface area (Å²) < 4.78 is 13.3.